The van der Waals surface area contributed by atoms with Crippen molar-refractivity contribution in [2.24, 2.45) is 0 Å². The fraction of sp³-hybridized carbons (Fsp3) is 0.100. The second kappa shape index (κ2) is 7.93. The van der Waals surface area contributed by atoms with Crippen LogP contribution < -0.4 is 0 Å². The van der Waals surface area contributed by atoms with Crippen LogP contribution in [0.25, 0.3) is 10.4 Å². The molecule has 0 aliphatic carbocycles. The number of benzene rings is 2. The number of carbonyl (C=O) groups excluding carboxylic acids is 1. The molecule has 0 amide bonds. The minimum atomic E-state index is -1.06. The monoisotopic (exact) mass is 432 g/mol. The highest BCUT2D eigenvalue weighted by molar-refractivity contribution is 9.10. The summed E-state index contributed by atoms with van der Waals surface area (Å²) in [5, 5.41) is 11.3. The molecule has 26 heavy (non-hydrogen) atoms. The van der Waals surface area contributed by atoms with E-state index in [1.807, 2.05) is 24.3 Å². The summed E-state index contributed by atoms with van der Waals surface area (Å²) in [5.41, 5.74) is 2.02. The lowest BCUT2D eigenvalue weighted by molar-refractivity contribution is -0.117. The molecular formula is C20H14BrFO3S. The largest absolute Gasteiger partial charge is 0.478 e. The summed E-state index contributed by atoms with van der Waals surface area (Å²) in [7, 11) is 0. The molecule has 132 valence electrons. The van der Waals surface area contributed by atoms with Gasteiger partial charge in [-0.1, -0.05) is 40.2 Å². The molecule has 0 atom stereocenters. The highest BCUT2D eigenvalue weighted by Gasteiger charge is 2.21. The van der Waals surface area contributed by atoms with E-state index in [0.29, 0.717) is 16.0 Å². The lowest BCUT2D eigenvalue weighted by atomic mass is 9.99. The second-order valence-corrected chi connectivity index (χ2v) is 7.59. The van der Waals surface area contributed by atoms with Crippen molar-refractivity contribution < 1.29 is 19.1 Å². The number of aromatic carboxylic acids is 1. The van der Waals surface area contributed by atoms with Crippen LogP contribution >= 0.6 is 27.3 Å². The van der Waals surface area contributed by atoms with E-state index in [1.165, 1.54) is 23.5 Å². The van der Waals surface area contributed by atoms with Crippen molar-refractivity contribution in [3.63, 3.8) is 0 Å². The Bertz CT molecular complexity index is 963. The average molecular weight is 433 g/mol. The van der Waals surface area contributed by atoms with Gasteiger partial charge in [0.1, 0.15) is 11.6 Å². The van der Waals surface area contributed by atoms with Gasteiger partial charge in [0.2, 0.25) is 0 Å². The highest BCUT2D eigenvalue weighted by Crippen LogP contribution is 2.34. The van der Waals surface area contributed by atoms with Crippen molar-refractivity contribution in [1.82, 2.24) is 0 Å². The fourth-order valence-electron chi connectivity index (χ4n) is 2.72. The number of Topliss-reactive ketones (excluding diaryl/α,β-unsaturated/α-hetero) is 1. The minimum absolute atomic E-state index is 0.00513. The van der Waals surface area contributed by atoms with Crippen molar-refractivity contribution >= 4 is 39.0 Å². The molecule has 1 N–H and O–H groups in total. The van der Waals surface area contributed by atoms with Crippen LogP contribution in [0.1, 0.15) is 21.5 Å². The van der Waals surface area contributed by atoms with Crippen LogP contribution in [0, 0.1) is 5.82 Å². The molecule has 0 spiro atoms. The molecule has 0 fully saturated rings. The maximum Gasteiger partial charge on any atom is 0.337 e. The predicted octanol–water partition coefficient (Wildman–Crippen LogP) is 5.37. The Kier molecular flexibility index (Phi) is 5.64. The highest BCUT2D eigenvalue weighted by atomic mass is 79.9. The third-order valence-corrected chi connectivity index (χ3v) is 5.47. The van der Waals surface area contributed by atoms with Gasteiger partial charge in [0.05, 0.1) is 5.56 Å². The van der Waals surface area contributed by atoms with Crippen molar-refractivity contribution in [1.29, 1.82) is 0 Å². The molecule has 0 aliphatic rings. The van der Waals surface area contributed by atoms with Gasteiger partial charge >= 0.3 is 5.97 Å². The molecule has 0 saturated carbocycles. The Morgan fingerprint density at radius 2 is 1.81 bits per heavy atom. The Morgan fingerprint density at radius 3 is 2.46 bits per heavy atom. The number of carboxylic acids is 1. The van der Waals surface area contributed by atoms with Crippen LogP contribution in [-0.2, 0) is 17.6 Å². The first-order valence-electron chi connectivity index (χ1n) is 7.80. The Balaban J connectivity index is 1.85. The number of rotatable bonds is 6. The number of carbonyl (C=O) groups is 2. The summed E-state index contributed by atoms with van der Waals surface area (Å²) in [4.78, 5) is 24.7. The molecule has 2 aromatic carbocycles. The third kappa shape index (κ3) is 4.26. The van der Waals surface area contributed by atoms with Gasteiger partial charge in [-0.25, -0.2) is 9.18 Å². The van der Waals surface area contributed by atoms with Gasteiger partial charge in [-0.15, -0.1) is 11.3 Å². The van der Waals surface area contributed by atoms with Crippen LogP contribution in [0.5, 0.6) is 0 Å². The van der Waals surface area contributed by atoms with E-state index in [2.05, 4.69) is 15.9 Å². The molecule has 0 unspecified atom stereocenters. The maximum atomic E-state index is 13.2. The molecule has 0 radical (unpaired) electrons. The van der Waals surface area contributed by atoms with Gasteiger partial charge in [0, 0.05) is 22.2 Å². The van der Waals surface area contributed by atoms with E-state index in [4.69, 9.17) is 0 Å². The standard InChI is InChI=1S/C20H14BrFO3S/c21-15-6-4-13(5-7-15)19-18(20(24)25)14(11-26-19)10-17(23)9-12-2-1-3-16(22)8-12/h1-8,11H,9-10H2,(H,24,25). The fourth-order valence-corrected chi connectivity index (χ4v) is 4.06. The van der Waals surface area contributed by atoms with Crippen molar-refractivity contribution in [3.05, 3.63) is 80.9 Å². The predicted molar refractivity (Wildman–Crippen MR) is 103 cm³/mol. The summed E-state index contributed by atoms with van der Waals surface area (Å²) in [5.74, 6) is -1.61. The van der Waals surface area contributed by atoms with Gasteiger partial charge in [-0.3, -0.25) is 4.79 Å². The first-order valence-corrected chi connectivity index (χ1v) is 9.47. The van der Waals surface area contributed by atoms with E-state index in [1.54, 1.807) is 17.5 Å². The lowest BCUT2D eigenvalue weighted by Crippen LogP contribution is -2.10. The van der Waals surface area contributed by atoms with Gasteiger partial charge in [0.25, 0.3) is 0 Å². The summed E-state index contributed by atoms with van der Waals surface area (Å²) in [6.07, 6.45) is 0.0749. The zero-order valence-electron chi connectivity index (χ0n) is 13.5. The molecule has 3 aromatic rings. The van der Waals surface area contributed by atoms with Crippen LogP contribution in [0.3, 0.4) is 0 Å². The first-order chi connectivity index (χ1) is 12.4. The van der Waals surface area contributed by atoms with Crippen molar-refractivity contribution in [3.8, 4) is 10.4 Å². The Hall–Kier alpha value is -2.31. The van der Waals surface area contributed by atoms with E-state index in [9.17, 15) is 19.1 Å². The number of hydrogen-bond acceptors (Lipinski definition) is 3. The minimum Gasteiger partial charge on any atom is -0.478 e. The summed E-state index contributed by atoms with van der Waals surface area (Å²) in [6, 6.07) is 13.2. The van der Waals surface area contributed by atoms with Crippen LogP contribution in [0.15, 0.2) is 58.4 Å². The van der Waals surface area contributed by atoms with E-state index in [0.717, 1.165) is 10.0 Å². The zero-order chi connectivity index (χ0) is 18.7. The Morgan fingerprint density at radius 1 is 1.08 bits per heavy atom. The van der Waals surface area contributed by atoms with Gasteiger partial charge in [-0.05, 0) is 46.3 Å². The van der Waals surface area contributed by atoms with Crippen molar-refractivity contribution in [2.75, 3.05) is 0 Å². The topological polar surface area (TPSA) is 54.4 Å². The maximum absolute atomic E-state index is 13.2. The lowest BCUT2D eigenvalue weighted by Gasteiger charge is -2.05. The molecule has 0 aliphatic heterocycles. The zero-order valence-corrected chi connectivity index (χ0v) is 15.9. The second-order valence-electron chi connectivity index (χ2n) is 5.80. The summed E-state index contributed by atoms with van der Waals surface area (Å²) >= 11 is 4.66. The molecular weight excluding hydrogens is 419 g/mol. The molecule has 3 nitrogen and oxygen atoms in total. The normalized spacial score (nSPS) is 10.7. The van der Waals surface area contributed by atoms with Gasteiger partial charge < -0.3 is 5.11 Å². The van der Waals surface area contributed by atoms with Crippen LogP contribution in [0.4, 0.5) is 4.39 Å². The number of halogens is 2. The summed E-state index contributed by atoms with van der Waals surface area (Å²) < 4.78 is 14.1. The van der Waals surface area contributed by atoms with Gasteiger partial charge in [-0.2, -0.15) is 0 Å². The van der Waals surface area contributed by atoms with Crippen LogP contribution in [0.2, 0.25) is 0 Å². The van der Waals surface area contributed by atoms with E-state index < -0.39 is 11.8 Å². The number of thiophene rings is 1. The number of hydrogen-bond donors (Lipinski definition) is 1. The molecule has 1 heterocycles. The van der Waals surface area contributed by atoms with Crippen molar-refractivity contribution in [2.45, 2.75) is 12.8 Å². The van der Waals surface area contributed by atoms with Crippen LogP contribution in [-0.4, -0.2) is 16.9 Å². The quantitative estimate of drug-likeness (QED) is 0.569. The van der Waals surface area contributed by atoms with Gasteiger partial charge in [0.15, 0.2) is 0 Å². The molecule has 1 aromatic heterocycles. The number of carboxylic acid groups (broad SMARTS) is 1. The molecule has 3 rings (SSSR count). The third-order valence-electron chi connectivity index (χ3n) is 3.87. The Labute approximate surface area is 162 Å². The van der Waals surface area contributed by atoms with E-state index in [-0.39, 0.29) is 24.2 Å². The first kappa shape index (κ1) is 18.5. The molecule has 6 heteroatoms. The smallest absolute Gasteiger partial charge is 0.337 e. The van der Waals surface area contributed by atoms with E-state index >= 15 is 0 Å². The molecule has 0 saturated heterocycles. The summed E-state index contributed by atoms with van der Waals surface area (Å²) in [6.45, 7) is 0. The number of ketones is 1. The SMILES string of the molecule is O=C(Cc1cccc(F)c1)Cc1csc(-c2ccc(Br)cc2)c1C(=O)O. The molecule has 0 bridgehead atoms. The average Bonchev–Trinajstić information content (AvgIpc) is 2.99.